The van der Waals surface area contributed by atoms with Gasteiger partial charge in [-0.3, -0.25) is 9.89 Å². The van der Waals surface area contributed by atoms with Crippen LogP contribution in [0.2, 0.25) is 0 Å². The monoisotopic (exact) mass is 232 g/mol. The second-order valence-corrected chi connectivity index (χ2v) is 3.93. The maximum absolute atomic E-state index is 11.6. The number of nitrogens with one attached hydrogen (secondary N) is 3. The standard InChI is InChI=1S/C12H16N4O/c1-13-6-2-3-12(17)15-10-5-4-9-8-14-16-11(9)7-10/h4-5,7-8,13H,2-3,6H2,1H3,(H,14,16)(H,15,17). The lowest BCUT2D eigenvalue weighted by atomic mass is 10.2. The molecule has 2 aromatic rings. The minimum Gasteiger partial charge on any atom is -0.326 e. The van der Waals surface area contributed by atoms with Crippen LogP contribution in [-0.2, 0) is 4.79 Å². The molecule has 0 atom stereocenters. The number of hydrogen-bond donors (Lipinski definition) is 3. The van der Waals surface area contributed by atoms with E-state index in [1.165, 1.54) is 0 Å². The van der Waals surface area contributed by atoms with Gasteiger partial charge in [-0.15, -0.1) is 0 Å². The molecule has 0 saturated carbocycles. The van der Waals surface area contributed by atoms with E-state index in [0.717, 1.165) is 29.6 Å². The van der Waals surface area contributed by atoms with Gasteiger partial charge in [-0.05, 0) is 38.2 Å². The summed E-state index contributed by atoms with van der Waals surface area (Å²) in [6.45, 7) is 0.854. The average molecular weight is 232 g/mol. The first-order valence-corrected chi connectivity index (χ1v) is 5.67. The van der Waals surface area contributed by atoms with Crippen molar-refractivity contribution < 1.29 is 4.79 Å². The van der Waals surface area contributed by atoms with Gasteiger partial charge >= 0.3 is 0 Å². The second kappa shape index (κ2) is 5.45. The van der Waals surface area contributed by atoms with E-state index in [0.29, 0.717) is 6.42 Å². The Morgan fingerprint density at radius 3 is 3.18 bits per heavy atom. The zero-order chi connectivity index (χ0) is 12.1. The summed E-state index contributed by atoms with van der Waals surface area (Å²) in [7, 11) is 1.88. The maximum atomic E-state index is 11.6. The molecule has 2 rings (SSSR count). The summed E-state index contributed by atoms with van der Waals surface area (Å²) in [4.78, 5) is 11.6. The highest BCUT2D eigenvalue weighted by atomic mass is 16.1. The lowest BCUT2D eigenvalue weighted by molar-refractivity contribution is -0.116. The molecule has 1 heterocycles. The molecule has 0 aliphatic carbocycles. The fraction of sp³-hybridized carbons (Fsp3) is 0.333. The molecule has 0 unspecified atom stereocenters. The van der Waals surface area contributed by atoms with Crippen LogP contribution in [0.15, 0.2) is 24.4 Å². The first-order chi connectivity index (χ1) is 8.29. The molecule has 1 aromatic heterocycles. The lowest BCUT2D eigenvalue weighted by Gasteiger charge is -2.05. The van der Waals surface area contributed by atoms with Gasteiger partial charge in [0.15, 0.2) is 0 Å². The predicted molar refractivity (Wildman–Crippen MR) is 67.9 cm³/mol. The van der Waals surface area contributed by atoms with Crippen molar-refractivity contribution in [3.63, 3.8) is 0 Å². The first-order valence-electron chi connectivity index (χ1n) is 5.67. The van der Waals surface area contributed by atoms with Crippen molar-refractivity contribution in [2.75, 3.05) is 18.9 Å². The largest absolute Gasteiger partial charge is 0.326 e. The molecular formula is C12H16N4O. The van der Waals surface area contributed by atoms with E-state index in [1.54, 1.807) is 6.20 Å². The van der Waals surface area contributed by atoms with Crippen molar-refractivity contribution in [1.29, 1.82) is 0 Å². The molecule has 0 bridgehead atoms. The number of carbonyl (C=O) groups is 1. The number of aromatic amines is 1. The molecular weight excluding hydrogens is 216 g/mol. The van der Waals surface area contributed by atoms with Gasteiger partial charge in [0.2, 0.25) is 5.91 Å². The summed E-state index contributed by atoms with van der Waals surface area (Å²) in [6.07, 6.45) is 3.13. The molecule has 90 valence electrons. The number of fused-ring (bicyclic) bond motifs is 1. The van der Waals surface area contributed by atoms with E-state index in [-0.39, 0.29) is 5.91 Å². The van der Waals surface area contributed by atoms with Crippen molar-refractivity contribution in [3.8, 4) is 0 Å². The van der Waals surface area contributed by atoms with Gasteiger partial charge in [-0.25, -0.2) is 0 Å². The minimum absolute atomic E-state index is 0.0408. The molecule has 1 amide bonds. The number of H-pyrrole nitrogens is 1. The number of hydrogen-bond acceptors (Lipinski definition) is 3. The third-order valence-corrected chi connectivity index (χ3v) is 2.56. The number of amides is 1. The number of carbonyl (C=O) groups excluding carboxylic acids is 1. The number of anilines is 1. The Morgan fingerprint density at radius 2 is 2.35 bits per heavy atom. The van der Waals surface area contributed by atoms with E-state index in [2.05, 4.69) is 20.8 Å². The van der Waals surface area contributed by atoms with Crippen LogP contribution < -0.4 is 10.6 Å². The second-order valence-electron chi connectivity index (χ2n) is 3.93. The predicted octanol–water partition coefficient (Wildman–Crippen LogP) is 1.50. The summed E-state index contributed by atoms with van der Waals surface area (Å²) in [6, 6.07) is 5.70. The summed E-state index contributed by atoms with van der Waals surface area (Å²) >= 11 is 0. The van der Waals surface area contributed by atoms with E-state index >= 15 is 0 Å². The first kappa shape index (κ1) is 11.6. The molecule has 17 heavy (non-hydrogen) atoms. The SMILES string of the molecule is CNCCCC(=O)Nc1ccc2cn[nH]c2c1. The van der Waals surface area contributed by atoms with Gasteiger partial charge in [-0.2, -0.15) is 5.10 Å². The Bertz CT molecular complexity index is 506. The van der Waals surface area contributed by atoms with E-state index in [9.17, 15) is 4.79 Å². The summed E-state index contributed by atoms with van der Waals surface area (Å²) in [5, 5.41) is 13.7. The average Bonchev–Trinajstić information content (AvgIpc) is 2.76. The molecule has 1 aromatic carbocycles. The Morgan fingerprint density at radius 1 is 1.47 bits per heavy atom. The molecule has 0 aliphatic heterocycles. The van der Waals surface area contributed by atoms with Crippen LogP contribution in [0.4, 0.5) is 5.69 Å². The highest BCUT2D eigenvalue weighted by Gasteiger charge is 2.03. The molecule has 5 nitrogen and oxygen atoms in total. The van der Waals surface area contributed by atoms with E-state index in [1.807, 2.05) is 25.2 Å². The van der Waals surface area contributed by atoms with Crippen molar-refractivity contribution in [2.24, 2.45) is 0 Å². The Hall–Kier alpha value is -1.88. The van der Waals surface area contributed by atoms with Crippen LogP contribution in [0.3, 0.4) is 0 Å². The maximum Gasteiger partial charge on any atom is 0.224 e. The molecule has 0 aliphatic rings. The van der Waals surface area contributed by atoms with Crippen LogP contribution in [0, 0.1) is 0 Å². The zero-order valence-corrected chi connectivity index (χ0v) is 9.79. The highest BCUT2D eigenvalue weighted by molar-refractivity contribution is 5.93. The summed E-state index contributed by atoms with van der Waals surface area (Å²) in [5.74, 6) is 0.0408. The van der Waals surface area contributed by atoms with Gasteiger partial charge in [0.25, 0.3) is 0 Å². The lowest BCUT2D eigenvalue weighted by Crippen LogP contribution is -2.15. The number of benzene rings is 1. The fourth-order valence-electron chi connectivity index (χ4n) is 1.66. The van der Waals surface area contributed by atoms with Crippen molar-refractivity contribution >= 4 is 22.5 Å². The van der Waals surface area contributed by atoms with Crippen LogP contribution in [0.1, 0.15) is 12.8 Å². The topological polar surface area (TPSA) is 69.8 Å². The third kappa shape index (κ3) is 3.04. The van der Waals surface area contributed by atoms with Gasteiger partial charge < -0.3 is 10.6 Å². The number of rotatable bonds is 5. The Labute approximate surface area is 99.6 Å². The molecule has 0 radical (unpaired) electrons. The third-order valence-electron chi connectivity index (χ3n) is 2.56. The van der Waals surface area contributed by atoms with Crippen molar-refractivity contribution in [2.45, 2.75) is 12.8 Å². The molecule has 0 spiro atoms. The smallest absolute Gasteiger partial charge is 0.224 e. The molecule has 0 fully saturated rings. The summed E-state index contributed by atoms with van der Waals surface area (Å²) in [5.41, 5.74) is 1.73. The van der Waals surface area contributed by atoms with Crippen molar-refractivity contribution in [3.05, 3.63) is 24.4 Å². The van der Waals surface area contributed by atoms with Gasteiger partial charge in [0, 0.05) is 17.5 Å². The van der Waals surface area contributed by atoms with E-state index in [4.69, 9.17) is 0 Å². The van der Waals surface area contributed by atoms with Crippen LogP contribution in [0.5, 0.6) is 0 Å². The Balaban J connectivity index is 1.95. The summed E-state index contributed by atoms with van der Waals surface area (Å²) < 4.78 is 0. The quantitative estimate of drug-likeness (QED) is 0.684. The molecule has 5 heteroatoms. The van der Waals surface area contributed by atoms with Gasteiger partial charge in [0.1, 0.15) is 0 Å². The Kier molecular flexibility index (Phi) is 3.72. The van der Waals surface area contributed by atoms with Crippen LogP contribution in [0.25, 0.3) is 10.9 Å². The highest BCUT2D eigenvalue weighted by Crippen LogP contribution is 2.16. The number of aromatic nitrogens is 2. The molecule has 3 N–H and O–H groups in total. The van der Waals surface area contributed by atoms with Crippen LogP contribution >= 0.6 is 0 Å². The zero-order valence-electron chi connectivity index (χ0n) is 9.79. The number of nitrogens with zero attached hydrogens (tertiary/aromatic N) is 1. The normalized spacial score (nSPS) is 10.6. The molecule has 0 saturated heterocycles. The van der Waals surface area contributed by atoms with Gasteiger partial charge in [-0.1, -0.05) is 0 Å². The van der Waals surface area contributed by atoms with Crippen LogP contribution in [-0.4, -0.2) is 29.7 Å². The minimum atomic E-state index is 0.0408. The fourth-order valence-corrected chi connectivity index (χ4v) is 1.66. The van der Waals surface area contributed by atoms with E-state index < -0.39 is 0 Å². The van der Waals surface area contributed by atoms with Gasteiger partial charge in [0.05, 0.1) is 11.7 Å². The van der Waals surface area contributed by atoms with Crippen molar-refractivity contribution in [1.82, 2.24) is 15.5 Å².